The molecule has 0 amide bonds. The molecule has 0 saturated heterocycles. The summed E-state index contributed by atoms with van der Waals surface area (Å²) in [5.74, 6) is 2.49. The smallest absolute Gasteiger partial charge is 0.193 e. The second kappa shape index (κ2) is 10.1. The molecule has 1 aliphatic rings. The van der Waals surface area contributed by atoms with Crippen LogP contribution in [0.25, 0.3) is 5.69 Å². The molecule has 1 aliphatic heterocycles. The average Bonchev–Trinajstić information content (AvgIpc) is 3.10. The number of nitrogens with one attached hydrogen (secondary N) is 1. The molecule has 1 aromatic heterocycles. The molecule has 0 fully saturated rings. The zero-order valence-corrected chi connectivity index (χ0v) is 18.8. The predicted octanol–water partition coefficient (Wildman–Crippen LogP) is 2.98. The van der Waals surface area contributed by atoms with Gasteiger partial charge in [-0.15, -0.1) is 29.1 Å². The van der Waals surface area contributed by atoms with Crippen molar-refractivity contribution in [3.05, 3.63) is 54.4 Å². The van der Waals surface area contributed by atoms with Crippen molar-refractivity contribution in [3.63, 3.8) is 0 Å². The second-order valence-electron chi connectivity index (χ2n) is 6.39. The topological polar surface area (TPSA) is 109 Å². The first-order chi connectivity index (χ1) is 14.2. The van der Waals surface area contributed by atoms with Crippen molar-refractivity contribution in [1.29, 1.82) is 0 Å². The molecule has 158 valence electrons. The number of hydrogen-bond donors (Lipinski definition) is 2. The minimum Gasteiger partial charge on any atom is -0.497 e. The van der Waals surface area contributed by atoms with Crippen molar-refractivity contribution in [1.82, 2.24) is 15.0 Å². The van der Waals surface area contributed by atoms with E-state index in [2.05, 4.69) is 20.6 Å². The fourth-order valence-electron chi connectivity index (χ4n) is 2.83. The lowest BCUT2D eigenvalue weighted by Gasteiger charge is -2.10. The Morgan fingerprint density at radius 1 is 1.17 bits per heavy atom. The number of guanidine groups is 1. The van der Waals surface area contributed by atoms with Crippen LogP contribution in [0.1, 0.15) is 12.1 Å². The molecule has 3 N–H and O–H groups in total. The van der Waals surface area contributed by atoms with Gasteiger partial charge in [0, 0.05) is 18.2 Å². The van der Waals surface area contributed by atoms with E-state index in [0.29, 0.717) is 31.2 Å². The quantitative estimate of drug-likeness (QED) is 0.301. The number of nitrogens with two attached hydrogens (primary N) is 1. The Balaban J connectivity index is 0.00000256. The van der Waals surface area contributed by atoms with Gasteiger partial charge in [0.05, 0.1) is 38.8 Å². The molecule has 0 spiro atoms. The minimum atomic E-state index is 0. The molecule has 0 bridgehead atoms. The van der Waals surface area contributed by atoms with Gasteiger partial charge in [0.15, 0.2) is 17.5 Å². The van der Waals surface area contributed by atoms with Gasteiger partial charge in [-0.05, 0) is 36.4 Å². The van der Waals surface area contributed by atoms with E-state index < -0.39 is 0 Å². The summed E-state index contributed by atoms with van der Waals surface area (Å²) in [6.07, 6.45) is 2.67. The Kier molecular flexibility index (Phi) is 7.33. The van der Waals surface area contributed by atoms with Gasteiger partial charge >= 0.3 is 0 Å². The fraction of sp³-hybridized carbons (Fsp3) is 0.250. The number of aromatic nitrogens is 3. The summed E-state index contributed by atoms with van der Waals surface area (Å²) in [5, 5.41) is 11.3. The average molecular weight is 522 g/mol. The van der Waals surface area contributed by atoms with Crippen LogP contribution < -0.4 is 25.3 Å². The number of halogens is 1. The van der Waals surface area contributed by atoms with Crippen molar-refractivity contribution in [3.8, 4) is 22.9 Å². The van der Waals surface area contributed by atoms with Crippen LogP contribution in [-0.2, 0) is 6.54 Å². The molecule has 10 heteroatoms. The summed E-state index contributed by atoms with van der Waals surface area (Å²) in [5.41, 5.74) is 8.36. The molecule has 0 atom stereocenters. The van der Waals surface area contributed by atoms with Gasteiger partial charge in [0.1, 0.15) is 11.4 Å². The Morgan fingerprint density at radius 3 is 2.70 bits per heavy atom. The van der Waals surface area contributed by atoms with Crippen LogP contribution in [0.5, 0.6) is 17.2 Å². The summed E-state index contributed by atoms with van der Waals surface area (Å²) < 4.78 is 18.2. The number of anilines is 1. The molecular weight excluding hydrogens is 499 g/mol. The molecule has 30 heavy (non-hydrogen) atoms. The molecule has 2 heterocycles. The largest absolute Gasteiger partial charge is 0.497 e. The van der Waals surface area contributed by atoms with Crippen LogP contribution in [0.15, 0.2) is 53.7 Å². The standard InChI is InChI=1S/C20H22N6O3.HI/c1-27-17-6-4-16(5-7-17)26-13-15(24-25-26)12-22-20(21)23-14-3-8-18-19(11-14)29-10-2-9-28-18;/h3-8,11,13H,2,9-10,12H2,1H3,(H3,21,22,23);1H. The van der Waals surface area contributed by atoms with Crippen LogP contribution >= 0.6 is 24.0 Å². The predicted molar refractivity (Wildman–Crippen MR) is 124 cm³/mol. The lowest BCUT2D eigenvalue weighted by atomic mass is 10.3. The van der Waals surface area contributed by atoms with Gasteiger partial charge in [-0.25, -0.2) is 9.67 Å². The number of rotatable bonds is 5. The van der Waals surface area contributed by atoms with E-state index in [0.717, 1.165) is 29.3 Å². The number of methoxy groups -OCH3 is 1. The minimum absolute atomic E-state index is 0. The Hall–Kier alpha value is -3.02. The summed E-state index contributed by atoms with van der Waals surface area (Å²) in [6.45, 7) is 1.59. The highest BCUT2D eigenvalue weighted by molar-refractivity contribution is 14.0. The van der Waals surface area contributed by atoms with Crippen molar-refractivity contribution in [2.45, 2.75) is 13.0 Å². The molecule has 3 aromatic rings. The Labute approximate surface area is 191 Å². The van der Waals surface area contributed by atoms with Crippen molar-refractivity contribution in [2.75, 3.05) is 25.6 Å². The van der Waals surface area contributed by atoms with Gasteiger partial charge in [-0.1, -0.05) is 5.21 Å². The van der Waals surface area contributed by atoms with Gasteiger partial charge in [0.2, 0.25) is 0 Å². The normalized spacial score (nSPS) is 13.2. The fourth-order valence-corrected chi connectivity index (χ4v) is 2.83. The first kappa shape index (κ1) is 21.7. The van der Waals surface area contributed by atoms with Crippen LogP contribution in [0.2, 0.25) is 0 Å². The molecule has 4 rings (SSSR count). The molecular formula is C20H23IN6O3. The number of ether oxygens (including phenoxy) is 3. The van der Waals surface area contributed by atoms with Crippen LogP contribution in [0.3, 0.4) is 0 Å². The van der Waals surface area contributed by atoms with E-state index in [1.54, 1.807) is 11.8 Å². The van der Waals surface area contributed by atoms with Crippen molar-refractivity contribution >= 4 is 35.6 Å². The van der Waals surface area contributed by atoms with Crippen LogP contribution in [0.4, 0.5) is 5.69 Å². The third-order valence-corrected chi connectivity index (χ3v) is 4.31. The molecule has 0 aliphatic carbocycles. The summed E-state index contributed by atoms with van der Waals surface area (Å²) in [7, 11) is 1.63. The van der Waals surface area contributed by atoms with Crippen LogP contribution in [-0.4, -0.2) is 41.3 Å². The third-order valence-electron chi connectivity index (χ3n) is 4.31. The first-order valence-electron chi connectivity index (χ1n) is 9.23. The van der Waals surface area contributed by atoms with Crippen molar-refractivity contribution < 1.29 is 14.2 Å². The Bertz CT molecular complexity index is 1010. The van der Waals surface area contributed by atoms with Gasteiger partial charge < -0.3 is 25.3 Å². The molecule has 9 nitrogen and oxygen atoms in total. The van der Waals surface area contributed by atoms with E-state index in [-0.39, 0.29) is 29.9 Å². The molecule has 0 unspecified atom stereocenters. The monoisotopic (exact) mass is 522 g/mol. The zero-order valence-electron chi connectivity index (χ0n) is 16.4. The molecule has 0 saturated carbocycles. The summed E-state index contributed by atoms with van der Waals surface area (Å²) >= 11 is 0. The maximum Gasteiger partial charge on any atom is 0.193 e. The van der Waals surface area contributed by atoms with Crippen molar-refractivity contribution in [2.24, 2.45) is 10.7 Å². The lowest BCUT2D eigenvalue weighted by Crippen LogP contribution is -2.22. The number of benzene rings is 2. The highest BCUT2D eigenvalue weighted by atomic mass is 127. The van der Waals surface area contributed by atoms with E-state index in [1.807, 2.05) is 48.7 Å². The van der Waals surface area contributed by atoms with E-state index in [4.69, 9.17) is 19.9 Å². The van der Waals surface area contributed by atoms with E-state index in [1.165, 1.54) is 0 Å². The summed E-state index contributed by atoms with van der Waals surface area (Å²) in [4.78, 5) is 4.33. The van der Waals surface area contributed by atoms with Gasteiger partial charge in [0.25, 0.3) is 0 Å². The van der Waals surface area contributed by atoms with E-state index in [9.17, 15) is 0 Å². The number of hydrogen-bond acceptors (Lipinski definition) is 6. The van der Waals surface area contributed by atoms with Crippen LogP contribution in [0, 0.1) is 0 Å². The SMILES string of the molecule is COc1ccc(-n2cc(CN=C(N)Nc3ccc4c(c3)OCCCO4)nn2)cc1.I. The Morgan fingerprint density at radius 2 is 1.93 bits per heavy atom. The number of fused-ring (bicyclic) bond motifs is 1. The lowest BCUT2D eigenvalue weighted by molar-refractivity contribution is 0.297. The van der Waals surface area contributed by atoms with E-state index >= 15 is 0 Å². The highest BCUT2D eigenvalue weighted by Crippen LogP contribution is 2.32. The molecule has 2 aromatic carbocycles. The van der Waals surface area contributed by atoms with Gasteiger partial charge in [-0.2, -0.15) is 0 Å². The summed E-state index contributed by atoms with van der Waals surface area (Å²) in [6, 6.07) is 13.1. The number of nitrogens with zero attached hydrogens (tertiary/aromatic N) is 4. The maximum atomic E-state index is 6.01. The first-order valence-corrected chi connectivity index (χ1v) is 9.23. The molecule has 0 radical (unpaired) electrons. The maximum absolute atomic E-state index is 6.01. The number of aliphatic imine (C=N–C) groups is 1. The third kappa shape index (κ3) is 5.32. The highest BCUT2D eigenvalue weighted by Gasteiger charge is 2.11. The van der Waals surface area contributed by atoms with Gasteiger partial charge in [-0.3, -0.25) is 0 Å². The second-order valence-corrected chi connectivity index (χ2v) is 6.39. The zero-order chi connectivity index (χ0) is 20.1.